The van der Waals surface area contributed by atoms with E-state index in [9.17, 15) is 18.0 Å². The molecule has 0 bridgehead atoms. The number of aryl methyl sites for hydroxylation is 1. The molecule has 0 N–H and O–H groups in total. The Morgan fingerprint density at radius 2 is 1.84 bits per heavy atom. The minimum atomic E-state index is -4.55. The van der Waals surface area contributed by atoms with Crippen LogP contribution < -0.4 is 9.64 Å². The van der Waals surface area contributed by atoms with Gasteiger partial charge in [-0.1, -0.05) is 42.5 Å². The lowest BCUT2D eigenvalue weighted by Crippen LogP contribution is -2.19. The number of allylic oxidation sites excluding steroid dienone is 3. The molecule has 8 heteroatoms. The van der Waals surface area contributed by atoms with Crippen molar-refractivity contribution in [2.75, 3.05) is 18.6 Å². The lowest BCUT2D eigenvalue weighted by atomic mass is 10.0. The van der Waals surface area contributed by atoms with E-state index in [1.165, 1.54) is 12.1 Å². The first kappa shape index (κ1) is 27.5. The second kappa shape index (κ2) is 12.3. The fourth-order valence-electron chi connectivity index (χ4n) is 3.58. The standard InChI is InChI=1S/C29H29F3N2O3/c1-5-7-14-25(34(4)27-15-10-13-24(33-27)28(35)36-6-2)23-18-22(29(30,31)32)16-17-26(23)37-19-21-12-9-8-11-20(21)3/h5,7-18H,6,19H2,1-4H3/b7-5+,25-14-. The number of hydrogen-bond donors (Lipinski definition) is 0. The van der Waals surface area contributed by atoms with Gasteiger partial charge in [-0.15, -0.1) is 0 Å². The van der Waals surface area contributed by atoms with Crippen LogP contribution in [0, 0.1) is 6.92 Å². The van der Waals surface area contributed by atoms with Crippen molar-refractivity contribution >= 4 is 17.5 Å². The highest BCUT2D eigenvalue weighted by Gasteiger charge is 2.32. The van der Waals surface area contributed by atoms with Gasteiger partial charge in [0.2, 0.25) is 0 Å². The van der Waals surface area contributed by atoms with Gasteiger partial charge in [0.1, 0.15) is 18.2 Å². The third-order valence-corrected chi connectivity index (χ3v) is 5.60. The van der Waals surface area contributed by atoms with E-state index in [2.05, 4.69) is 4.98 Å². The van der Waals surface area contributed by atoms with Crippen LogP contribution in [0.3, 0.4) is 0 Å². The van der Waals surface area contributed by atoms with Gasteiger partial charge in [0.05, 0.1) is 17.9 Å². The second-order valence-electron chi connectivity index (χ2n) is 8.16. The molecule has 0 saturated carbocycles. The molecule has 1 heterocycles. The fraction of sp³-hybridized carbons (Fsp3) is 0.241. The molecule has 0 aliphatic carbocycles. The van der Waals surface area contributed by atoms with E-state index >= 15 is 0 Å². The number of hydrogen-bond acceptors (Lipinski definition) is 5. The average Bonchev–Trinajstić information content (AvgIpc) is 2.88. The molecule has 0 saturated heterocycles. The number of alkyl halides is 3. The minimum absolute atomic E-state index is 0.0941. The van der Waals surface area contributed by atoms with Gasteiger partial charge in [0, 0.05) is 12.6 Å². The number of pyridine rings is 1. The Bertz CT molecular complexity index is 1300. The van der Waals surface area contributed by atoms with Gasteiger partial charge in [0.25, 0.3) is 0 Å². The summed E-state index contributed by atoms with van der Waals surface area (Å²) in [4.78, 5) is 18.2. The van der Waals surface area contributed by atoms with Crippen LogP contribution in [0.25, 0.3) is 5.70 Å². The highest BCUT2D eigenvalue weighted by Crippen LogP contribution is 2.37. The van der Waals surface area contributed by atoms with Crippen molar-refractivity contribution in [2.24, 2.45) is 0 Å². The lowest BCUT2D eigenvalue weighted by molar-refractivity contribution is -0.137. The molecule has 37 heavy (non-hydrogen) atoms. The molecule has 0 aliphatic heterocycles. The van der Waals surface area contributed by atoms with Gasteiger partial charge in [-0.25, -0.2) is 9.78 Å². The third-order valence-electron chi connectivity index (χ3n) is 5.60. The van der Waals surface area contributed by atoms with Crippen molar-refractivity contribution in [1.82, 2.24) is 4.98 Å². The third kappa shape index (κ3) is 7.00. The monoisotopic (exact) mass is 510 g/mol. The Labute approximate surface area is 214 Å². The zero-order chi connectivity index (χ0) is 27.0. The smallest absolute Gasteiger partial charge is 0.416 e. The summed E-state index contributed by atoms with van der Waals surface area (Å²) in [6, 6.07) is 15.9. The minimum Gasteiger partial charge on any atom is -0.488 e. The second-order valence-corrected chi connectivity index (χ2v) is 8.16. The van der Waals surface area contributed by atoms with Gasteiger partial charge in [0.15, 0.2) is 5.69 Å². The fourth-order valence-corrected chi connectivity index (χ4v) is 3.58. The van der Waals surface area contributed by atoms with Crippen molar-refractivity contribution in [3.63, 3.8) is 0 Å². The molecule has 0 unspecified atom stereocenters. The zero-order valence-corrected chi connectivity index (χ0v) is 21.2. The molecular weight excluding hydrogens is 481 g/mol. The first-order valence-corrected chi connectivity index (χ1v) is 11.8. The van der Waals surface area contributed by atoms with E-state index in [1.807, 2.05) is 31.2 Å². The molecule has 3 rings (SSSR count). The highest BCUT2D eigenvalue weighted by atomic mass is 19.4. The molecule has 2 aromatic carbocycles. The lowest BCUT2D eigenvalue weighted by Gasteiger charge is -2.25. The van der Waals surface area contributed by atoms with Crippen LogP contribution in [0.15, 0.2) is 78.9 Å². The van der Waals surface area contributed by atoms with E-state index in [1.54, 1.807) is 56.2 Å². The highest BCUT2D eigenvalue weighted by molar-refractivity contribution is 5.88. The number of carbonyl (C=O) groups excluding carboxylic acids is 1. The van der Waals surface area contributed by atoms with Crippen LogP contribution in [0.1, 0.15) is 46.6 Å². The maximum absolute atomic E-state index is 13.7. The van der Waals surface area contributed by atoms with Crippen LogP contribution in [0.5, 0.6) is 5.75 Å². The molecule has 3 aromatic rings. The van der Waals surface area contributed by atoms with Crippen molar-refractivity contribution in [1.29, 1.82) is 0 Å². The molecule has 0 atom stereocenters. The zero-order valence-electron chi connectivity index (χ0n) is 21.2. The maximum atomic E-state index is 13.7. The van der Waals surface area contributed by atoms with Gasteiger partial charge < -0.3 is 14.4 Å². The topological polar surface area (TPSA) is 51.7 Å². The number of esters is 1. The Morgan fingerprint density at radius 1 is 1.08 bits per heavy atom. The molecule has 0 radical (unpaired) electrons. The van der Waals surface area contributed by atoms with Gasteiger partial charge in [-0.05, 0) is 68.3 Å². The van der Waals surface area contributed by atoms with Gasteiger partial charge in [-0.3, -0.25) is 0 Å². The number of carbonyl (C=O) groups is 1. The Morgan fingerprint density at radius 3 is 2.51 bits per heavy atom. The number of nitrogens with zero attached hydrogens (tertiary/aromatic N) is 2. The van der Waals surface area contributed by atoms with E-state index in [0.29, 0.717) is 11.5 Å². The van der Waals surface area contributed by atoms with Crippen molar-refractivity contribution in [2.45, 2.75) is 33.6 Å². The quantitative estimate of drug-likeness (QED) is 0.225. The van der Waals surface area contributed by atoms with E-state index in [-0.39, 0.29) is 30.2 Å². The summed E-state index contributed by atoms with van der Waals surface area (Å²) in [6.45, 7) is 5.81. The molecule has 0 amide bonds. The van der Waals surface area contributed by atoms with Crippen LogP contribution in [-0.2, 0) is 17.5 Å². The summed E-state index contributed by atoms with van der Waals surface area (Å²) < 4.78 is 52.2. The van der Waals surface area contributed by atoms with E-state index in [0.717, 1.165) is 23.3 Å². The number of ether oxygens (including phenoxy) is 2. The summed E-state index contributed by atoms with van der Waals surface area (Å²) in [5.41, 5.74) is 1.85. The van der Waals surface area contributed by atoms with Crippen LogP contribution in [-0.4, -0.2) is 24.6 Å². The van der Waals surface area contributed by atoms with Crippen molar-refractivity contribution in [3.05, 3.63) is 107 Å². The van der Waals surface area contributed by atoms with Crippen molar-refractivity contribution < 1.29 is 27.4 Å². The van der Waals surface area contributed by atoms with Gasteiger partial charge in [-0.2, -0.15) is 13.2 Å². The molecule has 0 spiro atoms. The number of aromatic nitrogens is 1. The normalized spacial score (nSPS) is 12.0. The van der Waals surface area contributed by atoms with Crippen molar-refractivity contribution in [3.8, 4) is 5.75 Å². The molecule has 0 aliphatic rings. The van der Waals surface area contributed by atoms with Crippen LogP contribution in [0.2, 0.25) is 0 Å². The average molecular weight is 511 g/mol. The number of anilines is 1. The van der Waals surface area contributed by atoms with Crippen LogP contribution in [0.4, 0.5) is 19.0 Å². The van der Waals surface area contributed by atoms with Crippen LogP contribution >= 0.6 is 0 Å². The first-order valence-electron chi connectivity index (χ1n) is 11.8. The molecule has 194 valence electrons. The van der Waals surface area contributed by atoms with Gasteiger partial charge >= 0.3 is 12.1 Å². The maximum Gasteiger partial charge on any atom is 0.416 e. The summed E-state index contributed by atoms with van der Waals surface area (Å²) in [5, 5.41) is 0. The molecular formula is C29H29F3N2O3. The molecule has 1 aromatic heterocycles. The van der Waals surface area contributed by atoms with E-state index < -0.39 is 17.7 Å². The summed E-state index contributed by atoms with van der Waals surface area (Å²) in [7, 11) is 1.66. The molecule has 5 nitrogen and oxygen atoms in total. The Balaban J connectivity index is 2.09. The largest absolute Gasteiger partial charge is 0.488 e. The predicted octanol–water partition coefficient (Wildman–Crippen LogP) is 7.22. The number of benzene rings is 2. The Hall–Kier alpha value is -4.07. The number of halogens is 3. The Kier molecular flexibility index (Phi) is 9.11. The predicted molar refractivity (Wildman–Crippen MR) is 138 cm³/mol. The number of rotatable bonds is 9. The summed E-state index contributed by atoms with van der Waals surface area (Å²) in [5.74, 6) is 0.0435. The SMILES string of the molecule is C/C=C/C=C(/c1cc(C(F)(F)F)ccc1OCc1ccccc1C)N(C)c1cccc(C(=O)OCC)n1. The van der Waals surface area contributed by atoms with E-state index in [4.69, 9.17) is 9.47 Å². The first-order chi connectivity index (χ1) is 17.7. The molecule has 0 fully saturated rings. The summed E-state index contributed by atoms with van der Waals surface area (Å²) in [6.07, 6.45) is 0.606. The summed E-state index contributed by atoms with van der Waals surface area (Å²) >= 11 is 0.